The fourth-order valence-electron chi connectivity index (χ4n) is 1.87. The van der Waals surface area contributed by atoms with Gasteiger partial charge in [0, 0.05) is 18.0 Å². The van der Waals surface area contributed by atoms with Crippen LogP contribution < -0.4 is 0 Å². The lowest BCUT2D eigenvalue weighted by Crippen LogP contribution is -2.05. The zero-order chi connectivity index (χ0) is 13.2. The molecule has 0 aliphatic carbocycles. The lowest BCUT2D eigenvalue weighted by Gasteiger charge is -2.02. The molecular formula is C13H10N4O2. The molecule has 0 bridgehead atoms. The summed E-state index contributed by atoms with van der Waals surface area (Å²) < 4.78 is 1.56. The quantitative estimate of drug-likeness (QED) is 0.764. The Morgan fingerprint density at radius 3 is 2.74 bits per heavy atom. The molecule has 0 unspecified atom stereocenters. The van der Waals surface area contributed by atoms with E-state index in [2.05, 4.69) is 15.1 Å². The molecule has 6 heteroatoms. The molecule has 0 aliphatic rings. The number of imidazole rings is 1. The van der Waals surface area contributed by atoms with E-state index in [1.54, 1.807) is 16.9 Å². The van der Waals surface area contributed by atoms with Crippen LogP contribution in [-0.4, -0.2) is 30.7 Å². The first-order chi connectivity index (χ1) is 9.24. The van der Waals surface area contributed by atoms with Crippen LogP contribution in [0.2, 0.25) is 0 Å². The summed E-state index contributed by atoms with van der Waals surface area (Å²) in [5, 5.41) is 13.3. The second-order valence-corrected chi connectivity index (χ2v) is 4.04. The van der Waals surface area contributed by atoms with Crippen LogP contribution in [0.15, 0.2) is 42.9 Å². The first-order valence-corrected chi connectivity index (χ1v) is 5.70. The fraction of sp³-hybridized carbons (Fsp3) is 0.0769. The van der Waals surface area contributed by atoms with Crippen LogP contribution in [0.25, 0.3) is 16.9 Å². The van der Waals surface area contributed by atoms with E-state index < -0.39 is 5.97 Å². The monoisotopic (exact) mass is 254 g/mol. The maximum atomic E-state index is 10.8. The summed E-state index contributed by atoms with van der Waals surface area (Å²) in [5.74, 6) is -0.905. The first-order valence-electron chi connectivity index (χ1n) is 5.70. The van der Waals surface area contributed by atoms with Crippen LogP contribution in [0.4, 0.5) is 0 Å². The highest BCUT2D eigenvalue weighted by atomic mass is 16.4. The van der Waals surface area contributed by atoms with Gasteiger partial charge in [0.25, 0.3) is 0 Å². The minimum atomic E-state index is -0.905. The average Bonchev–Trinajstić information content (AvgIpc) is 2.82. The summed E-state index contributed by atoms with van der Waals surface area (Å²) in [4.78, 5) is 18.9. The Labute approximate surface area is 108 Å². The molecular weight excluding hydrogens is 244 g/mol. The smallest absolute Gasteiger partial charge is 0.309 e. The molecule has 1 N–H and O–H groups in total. The van der Waals surface area contributed by atoms with Crippen molar-refractivity contribution in [3.8, 4) is 11.3 Å². The third-order valence-electron chi connectivity index (χ3n) is 2.74. The van der Waals surface area contributed by atoms with Gasteiger partial charge in [0.05, 0.1) is 24.0 Å². The number of pyridine rings is 1. The van der Waals surface area contributed by atoms with Gasteiger partial charge in [-0.05, 0) is 24.3 Å². The molecule has 3 aromatic rings. The number of carboxylic acids is 1. The van der Waals surface area contributed by atoms with Gasteiger partial charge < -0.3 is 5.11 Å². The summed E-state index contributed by atoms with van der Waals surface area (Å²) >= 11 is 0. The normalized spacial score (nSPS) is 10.7. The van der Waals surface area contributed by atoms with E-state index in [1.807, 2.05) is 24.3 Å². The summed E-state index contributed by atoms with van der Waals surface area (Å²) in [5.41, 5.74) is 2.86. The molecule has 0 atom stereocenters. The maximum Gasteiger partial charge on any atom is 0.309 e. The lowest BCUT2D eigenvalue weighted by molar-refractivity contribution is -0.136. The van der Waals surface area contributed by atoms with Gasteiger partial charge in [0.15, 0.2) is 5.65 Å². The second kappa shape index (κ2) is 4.49. The number of aliphatic carboxylic acids is 1. The third-order valence-corrected chi connectivity index (χ3v) is 2.74. The Kier molecular flexibility index (Phi) is 2.68. The van der Waals surface area contributed by atoms with E-state index >= 15 is 0 Å². The van der Waals surface area contributed by atoms with Crippen molar-refractivity contribution >= 4 is 11.6 Å². The van der Waals surface area contributed by atoms with Crippen LogP contribution >= 0.6 is 0 Å². The van der Waals surface area contributed by atoms with Crippen molar-refractivity contribution < 1.29 is 9.90 Å². The SMILES string of the molecule is O=C(O)Cc1cnc2ccc(-c3ccncc3)nn12. The van der Waals surface area contributed by atoms with Crippen LogP contribution in [0.3, 0.4) is 0 Å². The number of carbonyl (C=O) groups is 1. The van der Waals surface area contributed by atoms with Gasteiger partial charge in [-0.3, -0.25) is 9.78 Å². The molecule has 94 valence electrons. The van der Waals surface area contributed by atoms with E-state index in [0.29, 0.717) is 11.3 Å². The van der Waals surface area contributed by atoms with Gasteiger partial charge in [-0.15, -0.1) is 0 Å². The van der Waals surface area contributed by atoms with Crippen molar-refractivity contribution in [2.45, 2.75) is 6.42 Å². The zero-order valence-electron chi connectivity index (χ0n) is 9.89. The molecule has 0 saturated heterocycles. The van der Waals surface area contributed by atoms with Crippen molar-refractivity contribution in [2.75, 3.05) is 0 Å². The molecule has 3 rings (SSSR count). The highest BCUT2D eigenvalue weighted by Crippen LogP contribution is 2.16. The highest BCUT2D eigenvalue weighted by Gasteiger charge is 2.09. The Bertz CT molecular complexity index is 737. The molecule has 3 aromatic heterocycles. The zero-order valence-corrected chi connectivity index (χ0v) is 9.89. The number of rotatable bonds is 3. The van der Waals surface area contributed by atoms with Crippen LogP contribution in [-0.2, 0) is 11.2 Å². The van der Waals surface area contributed by atoms with Crippen molar-refractivity contribution in [3.05, 3.63) is 48.5 Å². The predicted molar refractivity (Wildman–Crippen MR) is 67.6 cm³/mol. The average molecular weight is 254 g/mol. The molecule has 6 nitrogen and oxygen atoms in total. The van der Waals surface area contributed by atoms with Gasteiger partial charge in [-0.2, -0.15) is 5.10 Å². The van der Waals surface area contributed by atoms with Gasteiger partial charge in [0.2, 0.25) is 0 Å². The summed E-state index contributed by atoms with van der Waals surface area (Å²) in [6.45, 7) is 0. The van der Waals surface area contributed by atoms with E-state index in [1.165, 1.54) is 6.20 Å². The first kappa shape index (κ1) is 11.3. The van der Waals surface area contributed by atoms with Crippen molar-refractivity contribution in [1.29, 1.82) is 0 Å². The fourth-order valence-corrected chi connectivity index (χ4v) is 1.87. The van der Waals surface area contributed by atoms with Crippen molar-refractivity contribution in [2.24, 2.45) is 0 Å². The van der Waals surface area contributed by atoms with Gasteiger partial charge in [-0.25, -0.2) is 9.50 Å². The number of aromatic nitrogens is 4. The summed E-state index contributed by atoms with van der Waals surface area (Å²) in [6, 6.07) is 7.36. The second-order valence-electron chi connectivity index (χ2n) is 4.04. The van der Waals surface area contributed by atoms with Crippen molar-refractivity contribution in [1.82, 2.24) is 19.6 Å². The van der Waals surface area contributed by atoms with Gasteiger partial charge >= 0.3 is 5.97 Å². The van der Waals surface area contributed by atoms with Gasteiger partial charge in [-0.1, -0.05) is 0 Å². The van der Waals surface area contributed by atoms with E-state index in [0.717, 1.165) is 11.3 Å². The van der Waals surface area contributed by atoms with Gasteiger partial charge in [0.1, 0.15) is 0 Å². The number of fused-ring (bicyclic) bond motifs is 1. The Hall–Kier alpha value is -2.76. The number of carboxylic acid groups (broad SMARTS) is 1. The largest absolute Gasteiger partial charge is 0.481 e. The summed E-state index contributed by atoms with van der Waals surface area (Å²) in [7, 11) is 0. The van der Waals surface area contributed by atoms with Crippen LogP contribution in [0.1, 0.15) is 5.69 Å². The predicted octanol–water partition coefficient (Wildman–Crippen LogP) is 1.42. The molecule has 0 aromatic carbocycles. The molecule has 3 heterocycles. The van der Waals surface area contributed by atoms with Crippen LogP contribution in [0.5, 0.6) is 0 Å². The van der Waals surface area contributed by atoms with E-state index in [-0.39, 0.29) is 6.42 Å². The number of nitrogens with zero attached hydrogens (tertiary/aromatic N) is 4. The summed E-state index contributed by atoms with van der Waals surface area (Å²) in [6.07, 6.45) is 4.81. The standard InChI is InChI=1S/C13H10N4O2/c18-13(19)7-10-8-15-12-2-1-11(16-17(10)12)9-3-5-14-6-4-9/h1-6,8H,7H2,(H,18,19). The number of hydrogen-bond acceptors (Lipinski definition) is 4. The Morgan fingerprint density at radius 1 is 1.21 bits per heavy atom. The number of hydrogen-bond donors (Lipinski definition) is 1. The molecule has 0 saturated carbocycles. The van der Waals surface area contributed by atoms with Crippen LogP contribution in [0, 0.1) is 0 Å². The molecule has 19 heavy (non-hydrogen) atoms. The van der Waals surface area contributed by atoms with E-state index in [9.17, 15) is 4.79 Å². The Balaban J connectivity index is 2.11. The molecule has 0 amide bonds. The maximum absolute atomic E-state index is 10.8. The third kappa shape index (κ3) is 2.15. The minimum Gasteiger partial charge on any atom is -0.481 e. The van der Waals surface area contributed by atoms with E-state index in [4.69, 9.17) is 5.11 Å². The minimum absolute atomic E-state index is 0.103. The van der Waals surface area contributed by atoms with Crippen molar-refractivity contribution in [3.63, 3.8) is 0 Å². The highest BCUT2D eigenvalue weighted by molar-refractivity contribution is 5.70. The Morgan fingerprint density at radius 2 is 2.00 bits per heavy atom. The molecule has 0 fully saturated rings. The lowest BCUT2D eigenvalue weighted by atomic mass is 10.2. The molecule has 0 aliphatic heterocycles. The molecule has 0 radical (unpaired) electrons. The molecule has 0 spiro atoms. The topological polar surface area (TPSA) is 80.4 Å².